The Labute approximate surface area is 170 Å². The summed E-state index contributed by atoms with van der Waals surface area (Å²) in [6, 6.07) is 14.1. The number of benzene rings is 2. The van der Waals surface area contributed by atoms with Gasteiger partial charge in [-0.25, -0.2) is 0 Å². The largest absolute Gasteiger partial charge is 0.370 e. The second kappa shape index (κ2) is 9.15. The second-order valence-electron chi connectivity index (χ2n) is 7.29. The van der Waals surface area contributed by atoms with E-state index in [9.17, 15) is 9.59 Å². The number of nitrogens with two attached hydrogens (primary N) is 1. The number of primary amides is 1. The number of piperidine rings is 1. The number of para-hydroxylation sites is 2. The van der Waals surface area contributed by atoms with E-state index in [1.54, 1.807) is 11.8 Å². The van der Waals surface area contributed by atoms with Crippen LogP contribution in [0.15, 0.2) is 47.4 Å². The lowest BCUT2D eigenvalue weighted by Crippen LogP contribution is -2.38. The van der Waals surface area contributed by atoms with E-state index in [4.69, 9.17) is 5.73 Å². The fourth-order valence-corrected chi connectivity index (χ4v) is 4.38. The normalized spacial score (nSPS) is 14.7. The molecule has 1 saturated heterocycles. The molecule has 0 aliphatic carbocycles. The van der Waals surface area contributed by atoms with Crippen LogP contribution >= 0.6 is 11.8 Å². The maximum absolute atomic E-state index is 12.5. The average Bonchev–Trinajstić information content (AvgIpc) is 2.69. The van der Waals surface area contributed by atoms with Gasteiger partial charge in [0.15, 0.2) is 0 Å². The standard InChI is InChI=1S/C22H27N3O2S/c1-15-7-8-16(2)20(13-15)28-14-21(26)24-18-5-3-4-6-19(18)25-11-9-17(10-12-25)22(23)27/h3-8,13,17H,9-12,14H2,1-2H3,(H2,23,27)(H,24,26). The molecule has 1 aliphatic rings. The van der Waals surface area contributed by atoms with Crippen LogP contribution in [0.1, 0.15) is 24.0 Å². The molecule has 2 aromatic carbocycles. The molecule has 2 amide bonds. The van der Waals surface area contributed by atoms with Crippen LogP contribution in [0.5, 0.6) is 0 Å². The van der Waals surface area contributed by atoms with Gasteiger partial charge in [0.1, 0.15) is 0 Å². The molecule has 6 heteroatoms. The first-order valence-electron chi connectivity index (χ1n) is 9.57. The summed E-state index contributed by atoms with van der Waals surface area (Å²) in [5.41, 5.74) is 9.61. The smallest absolute Gasteiger partial charge is 0.234 e. The molecule has 1 aliphatic heterocycles. The molecule has 0 spiro atoms. The van der Waals surface area contributed by atoms with E-state index in [-0.39, 0.29) is 17.7 Å². The van der Waals surface area contributed by atoms with Crippen molar-refractivity contribution >= 4 is 35.0 Å². The lowest BCUT2D eigenvalue weighted by molar-refractivity contribution is -0.122. The highest BCUT2D eigenvalue weighted by atomic mass is 32.2. The van der Waals surface area contributed by atoms with Gasteiger partial charge in [0.05, 0.1) is 17.1 Å². The summed E-state index contributed by atoms with van der Waals surface area (Å²) < 4.78 is 0. The maximum atomic E-state index is 12.5. The quantitative estimate of drug-likeness (QED) is 0.728. The number of hydrogen-bond donors (Lipinski definition) is 2. The van der Waals surface area contributed by atoms with Crippen LogP contribution in [0.25, 0.3) is 0 Å². The van der Waals surface area contributed by atoms with Crippen LogP contribution < -0.4 is 16.0 Å². The zero-order valence-electron chi connectivity index (χ0n) is 16.4. The minimum absolute atomic E-state index is 0.0228. The fraction of sp³-hybridized carbons (Fsp3) is 0.364. The van der Waals surface area contributed by atoms with Crippen LogP contribution in [-0.2, 0) is 9.59 Å². The molecule has 2 aromatic rings. The summed E-state index contributed by atoms with van der Waals surface area (Å²) in [6.45, 7) is 5.64. The molecule has 1 fully saturated rings. The van der Waals surface area contributed by atoms with E-state index in [1.807, 2.05) is 24.3 Å². The minimum Gasteiger partial charge on any atom is -0.370 e. The number of aryl methyl sites for hydroxylation is 2. The molecule has 1 heterocycles. The van der Waals surface area contributed by atoms with E-state index in [2.05, 4.69) is 42.3 Å². The highest BCUT2D eigenvalue weighted by Gasteiger charge is 2.24. The number of anilines is 2. The van der Waals surface area contributed by atoms with Gasteiger partial charge in [-0.2, -0.15) is 0 Å². The fourth-order valence-electron chi connectivity index (χ4n) is 3.45. The Balaban J connectivity index is 1.62. The minimum atomic E-state index is -0.218. The van der Waals surface area contributed by atoms with E-state index in [0.717, 1.165) is 42.2 Å². The van der Waals surface area contributed by atoms with Gasteiger partial charge in [0.25, 0.3) is 0 Å². The van der Waals surface area contributed by atoms with E-state index in [0.29, 0.717) is 5.75 Å². The second-order valence-corrected chi connectivity index (χ2v) is 8.30. The molecular formula is C22H27N3O2S. The van der Waals surface area contributed by atoms with Crippen molar-refractivity contribution in [2.75, 3.05) is 29.1 Å². The molecule has 0 saturated carbocycles. The maximum Gasteiger partial charge on any atom is 0.234 e. The van der Waals surface area contributed by atoms with Crippen molar-refractivity contribution < 1.29 is 9.59 Å². The Morgan fingerprint density at radius 3 is 2.57 bits per heavy atom. The first-order chi connectivity index (χ1) is 13.4. The number of carbonyl (C=O) groups is 2. The predicted octanol–water partition coefficient (Wildman–Crippen LogP) is 3.74. The molecule has 5 nitrogen and oxygen atoms in total. The Morgan fingerprint density at radius 2 is 1.86 bits per heavy atom. The number of carbonyl (C=O) groups excluding carboxylic acids is 2. The average molecular weight is 398 g/mol. The number of nitrogens with zero attached hydrogens (tertiary/aromatic N) is 1. The number of thioether (sulfide) groups is 1. The zero-order chi connectivity index (χ0) is 20.1. The van der Waals surface area contributed by atoms with Crippen LogP contribution in [0, 0.1) is 19.8 Å². The van der Waals surface area contributed by atoms with Crippen LogP contribution in [-0.4, -0.2) is 30.7 Å². The van der Waals surface area contributed by atoms with Gasteiger partial charge in [-0.3, -0.25) is 9.59 Å². The first-order valence-corrected chi connectivity index (χ1v) is 10.6. The summed E-state index contributed by atoms with van der Waals surface area (Å²) in [7, 11) is 0. The molecule has 0 radical (unpaired) electrons. The van der Waals surface area contributed by atoms with Crippen molar-refractivity contribution in [1.29, 1.82) is 0 Å². The van der Waals surface area contributed by atoms with Gasteiger partial charge in [-0.15, -0.1) is 11.8 Å². The molecule has 148 valence electrons. The zero-order valence-corrected chi connectivity index (χ0v) is 17.2. The van der Waals surface area contributed by atoms with Gasteiger partial charge in [-0.05, 0) is 50.5 Å². The highest BCUT2D eigenvalue weighted by Crippen LogP contribution is 2.30. The molecule has 0 unspecified atom stereocenters. The Morgan fingerprint density at radius 1 is 1.14 bits per heavy atom. The third-order valence-corrected chi connectivity index (χ3v) is 6.28. The third-order valence-electron chi connectivity index (χ3n) is 5.12. The summed E-state index contributed by atoms with van der Waals surface area (Å²) in [4.78, 5) is 27.3. The summed E-state index contributed by atoms with van der Waals surface area (Å²) >= 11 is 1.56. The Bertz CT molecular complexity index is 861. The Kier molecular flexibility index (Phi) is 6.62. The van der Waals surface area contributed by atoms with Gasteiger partial charge < -0.3 is 16.0 Å². The van der Waals surface area contributed by atoms with E-state index < -0.39 is 0 Å². The molecular weight excluding hydrogens is 370 g/mol. The summed E-state index contributed by atoms with van der Waals surface area (Å²) in [6.07, 6.45) is 1.50. The van der Waals surface area contributed by atoms with Crippen molar-refractivity contribution in [3.8, 4) is 0 Å². The van der Waals surface area contributed by atoms with Gasteiger partial charge in [0, 0.05) is 23.9 Å². The van der Waals surface area contributed by atoms with Crippen molar-refractivity contribution in [2.24, 2.45) is 11.7 Å². The van der Waals surface area contributed by atoms with E-state index >= 15 is 0 Å². The van der Waals surface area contributed by atoms with E-state index in [1.165, 1.54) is 11.1 Å². The number of hydrogen-bond acceptors (Lipinski definition) is 4. The SMILES string of the molecule is Cc1ccc(C)c(SCC(=O)Nc2ccccc2N2CCC(C(N)=O)CC2)c1. The number of amides is 2. The lowest BCUT2D eigenvalue weighted by atomic mass is 9.96. The monoisotopic (exact) mass is 397 g/mol. The van der Waals surface area contributed by atoms with Gasteiger partial charge in [0.2, 0.25) is 11.8 Å². The Hall–Kier alpha value is -2.47. The molecule has 0 aromatic heterocycles. The molecule has 28 heavy (non-hydrogen) atoms. The van der Waals surface area contributed by atoms with Crippen molar-refractivity contribution in [1.82, 2.24) is 0 Å². The lowest BCUT2D eigenvalue weighted by Gasteiger charge is -2.33. The van der Waals surface area contributed by atoms with Crippen LogP contribution in [0.3, 0.4) is 0 Å². The molecule has 3 rings (SSSR count). The number of nitrogens with one attached hydrogen (secondary N) is 1. The summed E-state index contributed by atoms with van der Waals surface area (Å²) in [5.74, 6) is 0.0737. The molecule has 0 atom stereocenters. The number of rotatable bonds is 6. The van der Waals surface area contributed by atoms with Crippen molar-refractivity contribution in [3.05, 3.63) is 53.6 Å². The van der Waals surface area contributed by atoms with Crippen LogP contribution in [0.2, 0.25) is 0 Å². The van der Waals surface area contributed by atoms with Crippen molar-refractivity contribution in [2.45, 2.75) is 31.6 Å². The van der Waals surface area contributed by atoms with Crippen LogP contribution in [0.4, 0.5) is 11.4 Å². The topological polar surface area (TPSA) is 75.4 Å². The predicted molar refractivity (Wildman–Crippen MR) is 116 cm³/mol. The van der Waals surface area contributed by atoms with Gasteiger partial charge in [-0.1, -0.05) is 29.8 Å². The van der Waals surface area contributed by atoms with Gasteiger partial charge >= 0.3 is 0 Å². The molecule has 3 N–H and O–H groups in total. The summed E-state index contributed by atoms with van der Waals surface area (Å²) in [5, 5.41) is 3.05. The third kappa shape index (κ3) is 5.07. The first kappa shape index (κ1) is 20.3. The highest BCUT2D eigenvalue weighted by molar-refractivity contribution is 8.00. The van der Waals surface area contributed by atoms with Crippen molar-refractivity contribution in [3.63, 3.8) is 0 Å². The molecule has 0 bridgehead atoms.